The standard InChI is InChI=1S/C9H11NS/c1-4-8-7(2)6-11-9(8)5-10-3/h4-6H,1H2,2-3H3. The number of rotatable bonds is 2. The molecule has 11 heavy (non-hydrogen) atoms. The summed E-state index contributed by atoms with van der Waals surface area (Å²) in [7, 11) is 1.78. The van der Waals surface area contributed by atoms with Crippen molar-refractivity contribution in [3.05, 3.63) is 28.0 Å². The van der Waals surface area contributed by atoms with Gasteiger partial charge in [-0.15, -0.1) is 11.3 Å². The molecule has 1 aromatic rings. The summed E-state index contributed by atoms with van der Waals surface area (Å²) in [5.74, 6) is 0. The molecule has 0 radical (unpaired) electrons. The largest absolute Gasteiger partial charge is 0.295 e. The molecule has 0 saturated carbocycles. The van der Waals surface area contributed by atoms with E-state index in [-0.39, 0.29) is 0 Å². The highest BCUT2D eigenvalue weighted by molar-refractivity contribution is 7.12. The van der Waals surface area contributed by atoms with Crippen LogP contribution in [0.25, 0.3) is 6.08 Å². The van der Waals surface area contributed by atoms with Gasteiger partial charge in [0.2, 0.25) is 0 Å². The molecule has 1 aromatic heterocycles. The maximum absolute atomic E-state index is 3.97. The van der Waals surface area contributed by atoms with E-state index in [1.54, 1.807) is 18.4 Å². The monoisotopic (exact) mass is 165 g/mol. The summed E-state index contributed by atoms with van der Waals surface area (Å²) in [5, 5.41) is 2.12. The van der Waals surface area contributed by atoms with Crippen molar-refractivity contribution >= 4 is 23.6 Å². The minimum atomic E-state index is 1.19. The van der Waals surface area contributed by atoms with Crippen LogP contribution in [0.15, 0.2) is 17.0 Å². The normalized spacial score (nSPS) is 10.7. The second-order valence-corrected chi connectivity index (χ2v) is 3.20. The molecule has 0 N–H and O–H groups in total. The summed E-state index contributed by atoms with van der Waals surface area (Å²) < 4.78 is 0. The van der Waals surface area contributed by atoms with E-state index >= 15 is 0 Å². The highest BCUT2D eigenvalue weighted by Crippen LogP contribution is 2.20. The Hall–Kier alpha value is -0.890. The third-order valence-electron chi connectivity index (χ3n) is 1.50. The van der Waals surface area contributed by atoms with Crippen molar-refractivity contribution in [2.75, 3.05) is 7.05 Å². The SMILES string of the molecule is C=Cc1c(C)csc1C=NC. The Kier molecular flexibility index (Phi) is 2.60. The number of hydrogen-bond donors (Lipinski definition) is 0. The van der Waals surface area contributed by atoms with E-state index < -0.39 is 0 Å². The fourth-order valence-corrected chi connectivity index (χ4v) is 1.92. The van der Waals surface area contributed by atoms with Gasteiger partial charge in [0.1, 0.15) is 0 Å². The van der Waals surface area contributed by atoms with Crippen LogP contribution in [0.5, 0.6) is 0 Å². The summed E-state index contributed by atoms with van der Waals surface area (Å²) in [6.07, 6.45) is 3.75. The van der Waals surface area contributed by atoms with Crippen LogP contribution in [0.2, 0.25) is 0 Å². The van der Waals surface area contributed by atoms with Crippen molar-refractivity contribution in [3.63, 3.8) is 0 Å². The van der Waals surface area contributed by atoms with E-state index in [1.807, 2.05) is 12.3 Å². The van der Waals surface area contributed by atoms with Crippen LogP contribution < -0.4 is 0 Å². The van der Waals surface area contributed by atoms with Crippen LogP contribution in [-0.4, -0.2) is 13.3 Å². The Balaban J connectivity index is 3.15. The van der Waals surface area contributed by atoms with Gasteiger partial charge in [0.15, 0.2) is 0 Å². The molecule has 0 spiro atoms. The van der Waals surface area contributed by atoms with Crippen LogP contribution in [-0.2, 0) is 0 Å². The Morgan fingerprint density at radius 3 is 2.91 bits per heavy atom. The van der Waals surface area contributed by atoms with Crippen LogP contribution in [0.4, 0.5) is 0 Å². The summed E-state index contributed by atoms with van der Waals surface area (Å²) >= 11 is 1.70. The van der Waals surface area contributed by atoms with Crippen LogP contribution in [0.3, 0.4) is 0 Å². The van der Waals surface area contributed by atoms with Gasteiger partial charge in [0, 0.05) is 13.3 Å². The molecular weight excluding hydrogens is 154 g/mol. The predicted octanol–water partition coefficient (Wildman–Crippen LogP) is 2.75. The molecule has 0 aromatic carbocycles. The van der Waals surface area contributed by atoms with E-state index in [9.17, 15) is 0 Å². The van der Waals surface area contributed by atoms with Crippen molar-refractivity contribution < 1.29 is 0 Å². The lowest BCUT2D eigenvalue weighted by molar-refractivity contribution is 1.46. The van der Waals surface area contributed by atoms with Gasteiger partial charge in [-0.25, -0.2) is 0 Å². The van der Waals surface area contributed by atoms with E-state index in [0.717, 1.165) is 0 Å². The van der Waals surface area contributed by atoms with E-state index in [4.69, 9.17) is 0 Å². The van der Waals surface area contributed by atoms with Gasteiger partial charge in [0.25, 0.3) is 0 Å². The molecule has 0 amide bonds. The third-order valence-corrected chi connectivity index (χ3v) is 2.55. The first-order valence-corrected chi connectivity index (χ1v) is 4.30. The smallest absolute Gasteiger partial charge is 0.0523 e. The number of hydrogen-bond acceptors (Lipinski definition) is 2. The van der Waals surface area contributed by atoms with Crippen molar-refractivity contribution in [1.82, 2.24) is 0 Å². The molecule has 1 rings (SSSR count). The van der Waals surface area contributed by atoms with Gasteiger partial charge < -0.3 is 0 Å². The quantitative estimate of drug-likeness (QED) is 0.597. The number of aryl methyl sites for hydroxylation is 1. The predicted molar refractivity (Wildman–Crippen MR) is 52.7 cm³/mol. The van der Waals surface area contributed by atoms with Gasteiger partial charge in [-0.2, -0.15) is 0 Å². The molecule has 0 fully saturated rings. The molecule has 58 valence electrons. The third kappa shape index (κ3) is 1.57. The average molecular weight is 165 g/mol. The molecule has 0 saturated heterocycles. The lowest BCUT2D eigenvalue weighted by atomic mass is 10.2. The summed E-state index contributed by atoms with van der Waals surface area (Å²) in [5.41, 5.74) is 2.49. The minimum Gasteiger partial charge on any atom is -0.295 e. The Labute approximate surface area is 71.1 Å². The molecule has 1 nitrogen and oxygen atoms in total. The summed E-state index contributed by atoms with van der Waals surface area (Å²) in [4.78, 5) is 5.16. The molecule has 1 heterocycles. The second-order valence-electron chi connectivity index (χ2n) is 2.29. The maximum atomic E-state index is 3.97. The lowest BCUT2D eigenvalue weighted by Gasteiger charge is -1.90. The van der Waals surface area contributed by atoms with Crippen LogP contribution in [0, 0.1) is 6.92 Å². The lowest BCUT2D eigenvalue weighted by Crippen LogP contribution is -1.79. The van der Waals surface area contributed by atoms with E-state index in [1.165, 1.54) is 16.0 Å². The Morgan fingerprint density at radius 2 is 2.36 bits per heavy atom. The van der Waals surface area contributed by atoms with E-state index in [2.05, 4.69) is 23.9 Å². The number of aliphatic imine (C=N–C) groups is 1. The topological polar surface area (TPSA) is 12.4 Å². The van der Waals surface area contributed by atoms with Gasteiger partial charge in [0.05, 0.1) is 4.88 Å². The zero-order valence-electron chi connectivity index (χ0n) is 6.79. The average Bonchev–Trinajstić information content (AvgIpc) is 2.33. The minimum absolute atomic E-state index is 1.19. The van der Waals surface area contributed by atoms with Crippen LogP contribution in [0.1, 0.15) is 16.0 Å². The molecule has 0 aliphatic carbocycles. The Bertz CT molecular complexity index is 284. The number of nitrogens with zero attached hydrogens (tertiary/aromatic N) is 1. The van der Waals surface area contributed by atoms with Crippen LogP contribution >= 0.6 is 11.3 Å². The highest BCUT2D eigenvalue weighted by Gasteiger charge is 2.01. The fraction of sp³-hybridized carbons (Fsp3) is 0.222. The first-order valence-electron chi connectivity index (χ1n) is 3.42. The first-order chi connectivity index (χ1) is 5.29. The van der Waals surface area contributed by atoms with Gasteiger partial charge in [-0.05, 0) is 23.4 Å². The summed E-state index contributed by atoms with van der Waals surface area (Å²) in [6.45, 7) is 5.84. The van der Waals surface area contributed by atoms with Gasteiger partial charge in [-0.3, -0.25) is 4.99 Å². The zero-order valence-corrected chi connectivity index (χ0v) is 7.61. The molecule has 0 bridgehead atoms. The maximum Gasteiger partial charge on any atom is 0.0523 e. The number of thiophene rings is 1. The van der Waals surface area contributed by atoms with E-state index in [0.29, 0.717) is 0 Å². The molecule has 0 atom stereocenters. The molecule has 0 aliphatic rings. The molecular formula is C9H11NS. The first kappa shape index (κ1) is 8.21. The van der Waals surface area contributed by atoms with Gasteiger partial charge in [-0.1, -0.05) is 12.7 Å². The Morgan fingerprint density at radius 1 is 1.64 bits per heavy atom. The molecule has 2 heteroatoms. The molecule has 0 aliphatic heterocycles. The molecule has 0 unspecified atom stereocenters. The van der Waals surface area contributed by atoms with Crippen molar-refractivity contribution in [2.45, 2.75) is 6.92 Å². The summed E-state index contributed by atoms with van der Waals surface area (Å²) in [6, 6.07) is 0. The van der Waals surface area contributed by atoms with Crippen molar-refractivity contribution in [1.29, 1.82) is 0 Å². The highest BCUT2D eigenvalue weighted by atomic mass is 32.1. The second kappa shape index (κ2) is 3.49. The van der Waals surface area contributed by atoms with Crippen molar-refractivity contribution in [2.24, 2.45) is 4.99 Å². The van der Waals surface area contributed by atoms with Gasteiger partial charge >= 0.3 is 0 Å². The van der Waals surface area contributed by atoms with Crippen molar-refractivity contribution in [3.8, 4) is 0 Å². The fourth-order valence-electron chi connectivity index (χ4n) is 0.952. The zero-order chi connectivity index (χ0) is 8.27.